The van der Waals surface area contributed by atoms with Gasteiger partial charge in [-0.25, -0.2) is 5.01 Å². The molecular formula is C21H17Cl2N3O. The Bertz CT molecular complexity index is 1010. The van der Waals surface area contributed by atoms with Gasteiger partial charge >= 0.3 is 0 Å². The molecule has 0 bridgehead atoms. The summed E-state index contributed by atoms with van der Waals surface area (Å²) in [5.74, 6) is -0.130. The lowest BCUT2D eigenvalue weighted by Gasteiger charge is -2.21. The minimum atomic E-state index is -0.257. The predicted molar refractivity (Wildman–Crippen MR) is 109 cm³/mol. The van der Waals surface area contributed by atoms with Crippen LogP contribution in [0.2, 0.25) is 10.0 Å². The van der Waals surface area contributed by atoms with E-state index in [1.807, 2.05) is 65.5 Å². The van der Waals surface area contributed by atoms with Crippen molar-refractivity contribution in [1.29, 1.82) is 0 Å². The molecule has 2 heterocycles. The van der Waals surface area contributed by atoms with E-state index in [0.717, 1.165) is 22.5 Å². The topological polar surface area (TPSA) is 37.6 Å². The zero-order valence-electron chi connectivity index (χ0n) is 14.6. The van der Waals surface area contributed by atoms with Crippen LogP contribution in [-0.4, -0.2) is 21.2 Å². The molecule has 1 unspecified atom stereocenters. The Morgan fingerprint density at radius 3 is 2.41 bits per heavy atom. The van der Waals surface area contributed by atoms with Crippen LogP contribution in [-0.2, 0) is 4.79 Å². The van der Waals surface area contributed by atoms with E-state index >= 15 is 0 Å². The number of halogens is 2. The molecule has 3 aromatic rings. The van der Waals surface area contributed by atoms with Crippen LogP contribution in [0.5, 0.6) is 0 Å². The van der Waals surface area contributed by atoms with Crippen LogP contribution in [0.25, 0.3) is 5.69 Å². The molecule has 0 fully saturated rings. The van der Waals surface area contributed by atoms with Gasteiger partial charge in [0.25, 0.3) is 0 Å². The van der Waals surface area contributed by atoms with Gasteiger partial charge in [0, 0.05) is 31.4 Å². The molecule has 0 saturated carbocycles. The molecule has 4 rings (SSSR count). The minimum Gasteiger partial charge on any atom is -0.324 e. The lowest BCUT2D eigenvalue weighted by Crippen LogP contribution is -2.24. The fourth-order valence-corrected chi connectivity index (χ4v) is 3.76. The average Bonchev–Trinajstić information content (AvgIpc) is 3.34. The van der Waals surface area contributed by atoms with Crippen LogP contribution in [0.1, 0.15) is 30.5 Å². The van der Waals surface area contributed by atoms with E-state index in [9.17, 15) is 4.79 Å². The number of carbonyl (C=O) groups excluding carboxylic acids is 1. The summed E-state index contributed by atoms with van der Waals surface area (Å²) in [6.45, 7) is 1.51. The van der Waals surface area contributed by atoms with Crippen molar-refractivity contribution >= 4 is 34.8 Å². The summed E-state index contributed by atoms with van der Waals surface area (Å²) < 4.78 is 2.04. The third-order valence-electron chi connectivity index (χ3n) is 4.68. The molecule has 0 radical (unpaired) electrons. The van der Waals surface area contributed by atoms with E-state index in [-0.39, 0.29) is 11.9 Å². The highest BCUT2D eigenvalue weighted by molar-refractivity contribution is 6.42. The molecule has 1 aliphatic heterocycles. The van der Waals surface area contributed by atoms with Crippen LogP contribution < -0.4 is 0 Å². The van der Waals surface area contributed by atoms with Gasteiger partial charge in [0.15, 0.2) is 0 Å². The molecule has 2 aromatic carbocycles. The third kappa shape index (κ3) is 3.38. The van der Waals surface area contributed by atoms with Crippen molar-refractivity contribution in [2.75, 3.05) is 0 Å². The first-order chi connectivity index (χ1) is 13.0. The van der Waals surface area contributed by atoms with E-state index in [4.69, 9.17) is 23.2 Å². The highest BCUT2D eigenvalue weighted by Crippen LogP contribution is 2.38. The van der Waals surface area contributed by atoms with Gasteiger partial charge in [-0.15, -0.1) is 0 Å². The zero-order chi connectivity index (χ0) is 19.0. The van der Waals surface area contributed by atoms with Gasteiger partial charge < -0.3 is 4.57 Å². The summed E-state index contributed by atoms with van der Waals surface area (Å²) in [5, 5.41) is 7.01. The van der Waals surface area contributed by atoms with Crippen molar-refractivity contribution in [3.8, 4) is 5.69 Å². The van der Waals surface area contributed by atoms with Crippen molar-refractivity contribution in [3.05, 3.63) is 88.2 Å². The molecule has 1 amide bonds. The fraction of sp³-hybridized carbons (Fsp3) is 0.143. The first-order valence-corrected chi connectivity index (χ1v) is 9.35. The van der Waals surface area contributed by atoms with Crippen molar-refractivity contribution in [2.45, 2.75) is 19.4 Å². The Labute approximate surface area is 167 Å². The molecule has 1 aromatic heterocycles. The Morgan fingerprint density at radius 1 is 1.04 bits per heavy atom. The summed E-state index contributed by atoms with van der Waals surface area (Å²) in [6, 6.07) is 17.3. The van der Waals surface area contributed by atoms with E-state index in [0.29, 0.717) is 16.5 Å². The highest BCUT2D eigenvalue weighted by Gasteiger charge is 2.33. The lowest BCUT2D eigenvalue weighted by atomic mass is 9.98. The van der Waals surface area contributed by atoms with Gasteiger partial charge in [-0.05, 0) is 41.5 Å². The van der Waals surface area contributed by atoms with Crippen LogP contribution in [0, 0.1) is 0 Å². The summed E-state index contributed by atoms with van der Waals surface area (Å²) in [6.07, 6.45) is 4.58. The summed E-state index contributed by atoms with van der Waals surface area (Å²) in [5.41, 5.74) is 3.71. The molecule has 0 saturated heterocycles. The van der Waals surface area contributed by atoms with Crippen molar-refractivity contribution in [3.63, 3.8) is 0 Å². The Kier molecular flexibility index (Phi) is 4.77. The summed E-state index contributed by atoms with van der Waals surface area (Å²) in [7, 11) is 0. The van der Waals surface area contributed by atoms with Crippen molar-refractivity contribution in [2.24, 2.45) is 5.10 Å². The summed E-state index contributed by atoms with van der Waals surface area (Å²) >= 11 is 12.6. The number of nitrogens with zero attached hydrogens (tertiary/aromatic N) is 3. The predicted octanol–water partition coefficient (Wildman–Crippen LogP) is 5.48. The van der Waals surface area contributed by atoms with E-state index < -0.39 is 0 Å². The number of hydrogen-bond acceptors (Lipinski definition) is 2. The highest BCUT2D eigenvalue weighted by atomic mass is 35.5. The van der Waals surface area contributed by atoms with Gasteiger partial charge in [0.05, 0.1) is 21.8 Å². The van der Waals surface area contributed by atoms with Crippen molar-refractivity contribution in [1.82, 2.24) is 9.58 Å². The van der Waals surface area contributed by atoms with Crippen LogP contribution in [0.15, 0.2) is 72.1 Å². The van der Waals surface area contributed by atoms with Gasteiger partial charge in [0.1, 0.15) is 0 Å². The monoisotopic (exact) mass is 397 g/mol. The molecular weight excluding hydrogens is 381 g/mol. The number of hydrogen-bond donors (Lipinski definition) is 0. The first kappa shape index (κ1) is 17.8. The standard InChI is InChI=1S/C21H17Cl2N3O/c1-14(27)26-20(17-5-4-6-18(22)21(17)23)13-19(24-26)15-7-9-16(10-8-15)25-11-2-3-12-25/h2-12,20H,13H2,1H3. The van der Waals surface area contributed by atoms with Gasteiger partial charge in [-0.2, -0.15) is 5.10 Å². The van der Waals surface area contributed by atoms with E-state index in [1.165, 1.54) is 11.9 Å². The normalized spacial score (nSPS) is 16.5. The Morgan fingerprint density at radius 2 is 1.74 bits per heavy atom. The van der Waals surface area contributed by atoms with Crippen molar-refractivity contribution < 1.29 is 4.79 Å². The molecule has 0 spiro atoms. The molecule has 27 heavy (non-hydrogen) atoms. The maximum absolute atomic E-state index is 12.2. The smallest absolute Gasteiger partial charge is 0.240 e. The number of rotatable bonds is 3. The van der Waals surface area contributed by atoms with E-state index in [1.54, 1.807) is 6.07 Å². The molecule has 4 nitrogen and oxygen atoms in total. The number of carbonyl (C=O) groups is 1. The SMILES string of the molecule is CC(=O)N1N=C(c2ccc(-n3cccc3)cc2)CC1c1cccc(Cl)c1Cl. The summed E-state index contributed by atoms with van der Waals surface area (Å²) in [4.78, 5) is 12.2. The van der Waals surface area contributed by atoms with Crippen LogP contribution >= 0.6 is 23.2 Å². The molecule has 6 heteroatoms. The fourth-order valence-electron chi connectivity index (χ4n) is 3.33. The number of hydrazone groups is 1. The Balaban J connectivity index is 1.65. The first-order valence-electron chi connectivity index (χ1n) is 8.59. The minimum absolute atomic E-state index is 0.130. The maximum atomic E-state index is 12.2. The second-order valence-electron chi connectivity index (χ2n) is 6.41. The second-order valence-corrected chi connectivity index (χ2v) is 7.20. The molecule has 1 atom stereocenters. The molecule has 136 valence electrons. The Hall–Kier alpha value is -2.56. The van der Waals surface area contributed by atoms with E-state index in [2.05, 4.69) is 5.10 Å². The van der Waals surface area contributed by atoms with Crippen LogP contribution in [0.3, 0.4) is 0 Å². The quantitative estimate of drug-likeness (QED) is 0.576. The molecule has 0 aliphatic carbocycles. The molecule has 1 aliphatic rings. The maximum Gasteiger partial charge on any atom is 0.240 e. The third-order valence-corrected chi connectivity index (χ3v) is 5.51. The second kappa shape index (κ2) is 7.22. The van der Waals surface area contributed by atoms with Crippen LogP contribution in [0.4, 0.5) is 0 Å². The zero-order valence-corrected chi connectivity index (χ0v) is 16.2. The van der Waals surface area contributed by atoms with Gasteiger partial charge in [-0.1, -0.05) is 47.5 Å². The van der Waals surface area contributed by atoms with Gasteiger partial charge in [-0.3, -0.25) is 4.79 Å². The number of benzene rings is 2. The number of aromatic nitrogens is 1. The average molecular weight is 398 g/mol. The number of amides is 1. The molecule has 0 N–H and O–H groups in total. The largest absolute Gasteiger partial charge is 0.324 e. The van der Waals surface area contributed by atoms with Gasteiger partial charge in [0.2, 0.25) is 5.91 Å². The lowest BCUT2D eigenvalue weighted by molar-refractivity contribution is -0.130.